The van der Waals surface area contributed by atoms with E-state index < -0.39 is 0 Å². The molecule has 0 aromatic carbocycles. The molecule has 138 valence electrons. The summed E-state index contributed by atoms with van der Waals surface area (Å²) in [6, 6.07) is 0. The first kappa shape index (κ1) is 17.1. The van der Waals surface area contributed by atoms with Gasteiger partial charge in [-0.15, -0.1) is 0 Å². The van der Waals surface area contributed by atoms with Gasteiger partial charge in [-0.25, -0.2) is 0 Å². The smallest absolute Gasteiger partial charge is 0.226 e. The summed E-state index contributed by atoms with van der Waals surface area (Å²) in [5.74, 6) is 2.08. The third kappa shape index (κ3) is 2.12. The number of amides is 2. The van der Waals surface area contributed by atoms with E-state index in [9.17, 15) is 9.59 Å². The topological polar surface area (TPSA) is 63.4 Å². The third-order valence-corrected chi connectivity index (χ3v) is 8.65. The van der Waals surface area contributed by atoms with E-state index in [1.807, 2.05) is 11.9 Å². The van der Waals surface area contributed by atoms with Crippen molar-refractivity contribution in [1.82, 2.24) is 4.90 Å². The van der Waals surface area contributed by atoms with Crippen molar-refractivity contribution < 1.29 is 9.59 Å². The number of nitrogens with two attached hydrogens (primary N) is 1. The van der Waals surface area contributed by atoms with Crippen LogP contribution in [0, 0.1) is 34.5 Å². The summed E-state index contributed by atoms with van der Waals surface area (Å²) in [7, 11) is 1.96. The fourth-order valence-electron chi connectivity index (χ4n) is 7.58. The van der Waals surface area contributed by atoms with Crippen molar-refractivity contribution >= 4 is 11.8 Å². The molecule has 1 heterocycles. The molecule has 0 spiro atoms. The second-order valence-corrected chi connectivity index (χ2v) is 9.66. The Morgan fingerprint density at radius 2 is 1.88 bits per heavy atom. The van der Waals surface area contributed by atoms with Crippen LogP contribution in [0.25, 0.3) is 0 Å². The maximum absolute atomic E-state index is 12.3. The molecule has 1 saturated heterocycles. The Balaban J connectivity index is 1.74. The van der Waals surface area contributed by atoms with Crippen molar-refractivity contribution in [3.8, 4) is 0 Å². The van der Waals surface area contributed by atoms with Crippen LogP contribution in [-0.4, -0.2) is 23.8 Å². The minimum atomic E-state index is -0.0959. The van der Waals surface area contributed by atoms with Crippen LogP contribution in [0.4, 0.5) is 0 Å². The van der Waals surface area contributed by atoms with Crippen LogP contribution < -0.4 is 5.73 Å². The molecule has 2 saturated carbocycles. The second-order valence-electron chi connectivity index (χ2n) is 9.66. The third-order valence-electron chi connectivity index (χ3n) is 8.65. The molecule has 6 atom stereocenters. The highest BCUT2D eigenvalue weighted by atomic mass is 16.2. The number of nitrogens with zero attached hydrogens (tertiary/aromatic N) is 1. The average Bonchev–Trinajstić information content (AvgIpc) is 2.89. The first-order valence-electron chi connectivity index (χ1n) is 9.96. The summed E-state index contributed by atoms with van der Waals surface area (Å²) in [5, 5.41) is 0. The molecule has 4 aliphatic rings. The molecule has 3 aliphatic carbocycles. The van der Waals surface area contributed by atoms with Gasteiger partial charge in [0.25, 0.3) is 0 Å². The van der Waals surface area contributed by atoms with Crippen LogP contribution in [-0.2, 0) is 9.59 Å². The van der Waals surface area contributed by atoms with Crippen molar-refractivity contribution in [3.63, 3.8) is 0 Å². The van der Waals surface area contributed by atoms with Crippen molar-refractivity contribution in [2.45, 2.75) is 65.7 Å². The maximum atomic E-state index is 12.3. The minimum absolute atomic E-state index is 0.0487. The van der Waals surface area contributed by atoms with Crippen molar-refractivity contribution in [3.05, 3.63) is 11.3 Å². The van der Waals surface area contributed by atoms with Crippen LogP contribution in [0.3, 0.4) is 0 Å². The van der Waals surface area contributed by atoms with E-state index in [1.165, 1.54) is 11.3 Å². The monoisotopic (exact) mass is 344 g/mol. The summed E-state index contributed by atoms with van der Waals surface area (Å²) < 4.78 is 0. The normalized spacial score (nSPS) is 46.6. The molecule has 2 N–H and O–H groups in total. The van der Waals surface area contributed by atoms with E-state index >= 15 is 0 Å². The number of hydrogen-bond donors (Lipinski definition) is 1. The average molecular weight is 344 g/mol. The van der Waals surface area contributed by atoms with Gasteiger partial charge >= 0.3 is 0 Å². The number of carbonyl (C=O) groups is 2. The van der Waals surface area contributed by atoms with Gasteiger partial charge in [0.15, 0.2) is 0 Å². The highest BCUT2D eigenvalue weighted by molar-refractivity contribution is 5.80. The SMILES string of the molecule is CC1=C2N(C)C(=O)CC[C@]2(C)[C@@H]2CC[C@]3(C)C(C(N)=O)CC[C@H]3[C@@H]2C1. The molecule has 4 nitrogen and oxygen atoms in total. The Morgan fingerprint density at radius 3 is 2.56 bits per heavy atom. The number of allylic oxidation sites excluding steroid dienone is 2. The fourth-order valence-corrected chi connectivity index (χ4v) is 7.58. The molecule has 0 aromatic rings. The molecular weight excluding hydrogens is 312 g/mol. The van der Waals surface area contributed by atoms with Gasteiger partial charge in [-0.3, -0.25) is 9.59 Å². The first-order valence-corrected chi connectivity index (χ1v) is 9.96. The number of rotatable bonds is 1. The zero-order chi connectivity index (χ0) is 18.1. The summed E-state index contributed by atoms with van der Waals surface area (Å²) in [6.45, 7) is 6.95. The van der Waals surface area contributed by atoms with Gasteiger partial charge in [-0.05, 0) is 68.6 Å². The molecule has 2 amide bonds. The van der Waals surface area contributed by atoms with E-state index in [0.29, 0.717) is 24.2 Å². The van der Waals surface area contributed by atoms with Gasteiger partial charge in [0, 0.05) is 30.5 Å². The molecule has 0 bridgehead atoms. The van der Waals surface area contributed by atoms with Gasteiger partial charge in [0.05, 0.1) is 0 Å². The largest absolute Gasteiger partial charge is 0.369 e. The summed E-state index contributed by atoms with van der Waals surface area (Å²) in [4.78, 5) is 26.3. The Labute approximate surface area is 151 Å². The summed E-state index contributed by atoms with van der Waals surface area (Å²) in [6.07, 6.45) is 7.09. The zero-order valence-corrected chi connectivity index (χ0v) is 16.1. The summed E-state index contributed by atoms with van der Waals surface area (Å²) in [5.41, 5.74) is 8.65. The van der Waals surface area contributed by atoms with Crippen molar-refractivity contribution in [1.29, 1.82) is 0 Å². The number of hydrogen-bond acceptors (Lipinski definition) is 2. The molecular formula is C21H32N2O2. The second kappa shape index (κ2) is 5.34. The molecule has 1 aliphatic heterocycles. The van der Waals surface area contributed by atoms with E-state index in [4.69, 9.17) is 5.73 Å². The quantitative estimate of drug-likeness (QED) is 0.791. The van der Waals surface area contributed by atoms with Crippen LogP contribution in [0.2, 0.25) is 0 Å². The maximum Gasteiger partial charge on any atom is 0.226 e. The van der Waals surface area contributed by atoms with Gasteiger partial charge in [0.1, 0.15) is 0 Å². The highest BCUT2D eigenvalue weighted by Crippen LogP contribution is 2.66. The Bertz CT molecular complexity index is 669. The molecule has 3 fully saturated rings. The van der Waals surface area contributed by atoms with E-state index in [2.05, 4.69) is 20.8 Å². The van der Waals surface area contributed by atoms with Crippen LogP contribution >= 0.6 is 0 Å². The molecule has 4 heteroatoms. The lowest BCUT2D eigenvalue weighted by atomic mass is 9.48. The Kier molecular flexibility index (Phi) is 3.66. The fraction of sp³-hybridized carbons (Fsp3) is 0.810. The van der Waals surface area contributed by atoms with E-state index in [1.54, 1.807) is 0 Å². The van der Waals surface area contributed by atoms with Gasteiger partial charge in [-0.2, -0.15) is 0 Å². The number of piperidine rings is 1. The number of carbonyl (C=O) groups excluding carboxylic acids is 2. The lowest BCUT2D eigenvalue weighted by Gasteiger charge is -2.59. The van der Waals surface area contributed by atoms with Gasteiger partial charge < -0.3 is 10.6 Å². The first-order chi connectivity index (χ1) is 11.7. The molecule has 25 heavy (non-hydrogen) atoms. The van der Waals surface area contributed by atoms with Gasteiger partial charge in [0.2, 0.25) is 11.8 Å². The lowest BCUT2D eigenvalue weighted by Crippen LogP contribution is -2.55. The van der Waals surface area contributed by atoms with Crippen LogP contribution in [0.15, 0.2) is 11.3 Å². The van der Waals surface area contributed by atoms with E-state index in [0.717, 1.165) is 38.5 Å². The zero-order valence-electron chi connectivity index (χ0n) is 16.1. The number of likely N-dealkylation sites (tertiary alicyclic amines) is 1. The molecule has 1 unspecified atom stereocenters. The van der Waals surface area contributed by atoms with Crippen LogP contribution in [0.1, 0.15) is 65.7 Å². The number of fused-ring (bicyclic) bond motifs is 5. The van der Waals surface area contributed by atoms with Crippen molar-refractivity contribution in [2.75, 3.05) is 7.05 Å². The minimum Gasteiger partial charge on any atom is -0.369 e. The lowest BCUT2D eigenvalue weighted by molar-refractivity contribution is -0.138. The molecule has 0 aromatic heterocycles. The Morgan fingerprint density at radius 1 is 1.16 bits per heavy atom. The predicted molar refractivity (Wildman–Crippen MR) is 97.2 cm³/mol. The number of primary amides is 1. The molecule has 4 rings (SSSR count). The molecule has 0 radical (unpaired) electrons. The summed E-state index contributed by atoms with van der Waals surface area (Å²) >= 11 is 0. The predicted octanol–water partition coefficient (Wildman–Crippen LogP) is 3.47. The van der Waals surface area contributed by atoms with Crippen LogP contribution in [0.5, 0.6) is 0 Å². The van der Waals surface area contributed by atoms with E-state index in [-0.39, 0.29) is 28.6 Å². The van der Waals surface area contributed by atoms with Crippen molar-refractivity contribution in [2.24, 2.45) is 40.2 Å². The standard InChI is InChI=1S/C21H32N2O2/c1-12-11-13-14-5-6-16(19(22)25)20(14,2)9-7-15(13)21(3)10-8-17(24)23(4)18(12)21/h13-16H,5-11H2,1-4H3,(H2,22,25)/t13-,14-,15+,16?,20-,21+/m0/s1. The van der Waals surface area contributed by atoms with Gasteiger partial charge in [-0.1, -0.05) is 19.4 Å². The Hall–Kier alpha value is -1.32. The highest BCUT2D eigenvalue weighted by Gasteiger charge is 2.61.